The average molecular weight is 835 g/mol. The summed E-state index contributed by atoms with van der Waals surface area (Å²) in [5, 5.41) is 20.3. The van der Waals surface area contributed by atoms with Gasteiger partial charge in [0.05, 0.1) is 40.0 Å². The Morgan fingerprint density at radius 2 is 1.22 bits per heavy atom. The molecule has 0 aliphatic heterocycles. The molecule has 12 heteroatoms. The summed E-state index contributed by atoms with van der Waals surface area (Å²) in [5.74, 6) is -1.10. The third-order valence-corrected chi connectivity index (χ3v) is 9.27. The fourth-order valence-electron chi connectivity index (χ4n) is 4.90. The van der Waals surface area contributed by atoms with Gasteiger partial charge in [-0.15, -0.1) is 0 Å². The lowest BCUT2D eigenvalue weighted by molar-refractivity contribution is -0.870. The fourth-order valence-corrected chi connectivity index (χ4v) is 5.64. The van der Waals surface area contributed by atoms with Crippen LogP contribution in [-0.2, 0) is 32.7 Å². The highest BCUT2D eigenvalue weighted by Crippen LogP contribution is 2.43. The number of hydrogen-bond donors (Lipinski definition) is 3. The molecule has 0 aliphatic rings. The molecule has 58 heavy (non-hydrogen) atoms. The Morgan fingerprint density at radius 1 is 0.655 bits per heavy atom. The molecule has 0 saturated carbocycles. The van der Waals surface area contributed by atoms with Crippen LogP contribution in [0.2, 0.25) is 0 Å². The van der Waals surface area contributed by atoms with Crippen LogP contribution in [0.3, 0.4) is 0 Å². The van der Waals surface area contributed by atoms with Crippen molar-refractivity contribution in [2.75, 3.05) is 47.5 Å². The molecule has 0 heterocycles. The van der Waals surface area contributed by atoms with Crippen LogP contribution >= 0.6 is 7.82 Å². The van der Waals surface area contributed by atoms with E-state index >= 15 is 0 Å². The minimum Gasteiger partial charge on any atom is -0.462 e. The fraction of sp³-hybridized carbons (Fsp3) is 0.609. The zero-order valence-corrected chi connectivity index (χ0v) is 37.1. The molecule has 0 aromatic heterocycles. The number of aliphatic hydroxyl groups excluding tert-OH is 2. The van der Waals surface area contributed by atoms with Gasteiger partial charge < -0.3 is 29.1 Å². The van der Waals surface area contributed by atoms with Crippen molar-refractivity contribution < 1.29 is 52.3 Å². The summed E-state index contributed by atoms with van der Waals surface area (Å²) < 4.78 is 34.0. The molecule has 0 rings (SSSR count). The van der Waals surface area contributed by atoms with Gasteiger partial charge in [0.1, 0.15) is 19.8 Å². The predicted octanol–water partition coefficient (Wildman–Crippen LogP) is 9.73. The molecule has 0 spiro atoms. The number of carbonyl (C=O) groups is 2. The molecule has 0 aromatic carbocycles. The van der Waals surface area contributed by atoms with Crippen LogP contribution in [0.5, 0.6) is 0 Å². The molecule has 0 aromatic rings. The first-order chi connectivity index (χ1) is 27.8. The van der Waals surface area contributed by atoms with Crippen LogP contribution in [0.25, 0.3) is 0 Å². The average Bonchev–Trinajstić information content (AvgIpc) is 3.16. The Balaban J connectivity index is 4.75. The third kappa shape index (κ3) is 39.7. The van der Waals surface area contributed by atoms with E-state index in [2.05, 4.69) is 68.5 Å². The van der Waals surface area contributed by atoms with Crippen molar-refractivity contribution in [2.24, 2.45) is 0 Å². The molecule has 4 atom stereocenters. The van der Waals surface area contributed by atoms with Crippen LogP contribution in [0, 0.1) is 0 Å². The van der Waals surface area contributed by atoms with Crippen LogP contribution < -0.4 is 0 Å². The van der Waals surface area contributed by atoms with Crippen molar-refractivity contribution in [1.29, 1.82) is 0 Å². The quantitative estimate of drug-likeness (QED) is 0.0139. The van der Waals surface area contributed by atoms with Crippen molar-refractivity contribution >= 4 is 19.8 Å². The smallest absolute Gasteiger partial charge is 0.462 e. The molecule has 0 bridgehead atoms. The van der Waals surface area contributed by atoms with E-state index in [0.29, 0.717) is 36.7 Å². The number of ether oxygens (including phenoxy) is 2. The number of quaternary nitrogens is 1. The van der Waals surface area contributed by atoms with Crippen LogP contribution in [0.1, 0.15) is 117 Å². The number of esters is 2. The summed E-state index contributed by atoms with van der Waals surface area (Å²) in [6.45, 7) is 3.87. The number of phosphoric ester groups is 1. The third-order valence-electron chi connectivity index (χ3n) is 8.29. The molecule has 0 saturated heterocycles. The molecule has 330 valence electrons. The molecular weight excluding hydrogens is 757 g/mol. The summed E-state index contributed by atoms with van der Waals surface area (Å²) in [6, 6.07) is 0. The molecule has 3 N–H and O–H groups in total. The summed E-state index contributed by atoms with van der Waals surface area (Å²) >= 11 is 0. The topological polar surface area (TPSA) is 149 Å². The predicted molar refractivity (Wildman–Crippen MR) is 236 cm³/mol. The maximum atomic E-state index is 12.7. The number of rotatable bonds is 36. The highest BCUT2D eigenvalue weighted by atomic mass is 31.2. The highest BCUT2D eigenvalue weighted by molar-refractivity contribution is 7.47. The van der Waals surface area contributed by atoms with Crippen molar-refractivity contribution in [3.63, 3.8) is 0 Å². The Hall–Kier alpha value is -3.15. The number of aliphatic hydroxyl groups is 2. The first-order valence-corrected chi connectivity index (χ1v) is 22.7. The Morgan fingerprint density at radius 3 is 1.84 bits per heavy atom. The van der Waals surface area contributed by atoms with Gasteiger partial charge in [-0.2, -0.15) is 0 Å². The number of nitrogens with zero attached hydrogens (tertiary/aromatic N) is 1. The van der Waals surface area contributed by atoms with E-state index in [0.717, 1.165) is 44.9 Å². The second kappa shape index (κ2) is 36.9. The van der Waals surface area contributed by atoms with E-state index in [1.165, 1.54) is 19.3 Å². The molecule has 1 unspecified atom stereocenters. The Kier molecular flexibility index (Phi) is 34.9. The minimum atomic E-state index is -4.46. The van der Waals surface area contributed by atoms with Crippen LogP contribution in [0.15, 0.2) is 97.2 Å². The standard InChI is InChI=1S/C46H76NO10P/c1-6-8-10-12-14-15-16-17-18-19-20-21-22-24-30-36-45(50)54-40-44(41-56-58(52,53)55-39-38-47(3,4)5)57-46(51)37-31-35-43(49)34-29-26-25-28-33-42(48)32-27-23-13-11-9-7-2/h8,10,14-15,17-18,20-21,23,25-29,33-34,42-44,48-49H,6-7,9,11-13,16,19,22,24,30-32,35-41H2,1-5H3/p+1/b10-8-,15-14-,18-17-,21-20-,26-25+,27-23-,33-28+,34-29-/t42-,43-,44+/m0/s1. The van der Waals surface area contributed by atoms with E-state index in [-0.39, 0.29) is 26.1 Å². The lowest BCUT2D eigenvalue weighted by atomic mass is 10.1. The van der Waals surface area contributed by atoms with Crippen molar-refractivity contribution in [3.05, 3.63) is 97.2 Å². The van der Waals surface area contributed by atoms with Crippen molar-refractivity contribution in [1.82, 2.24) is 0 Å². The van der Waals surface area contributed by atoms with Crippen molar-refractivity contribution in [2.45, 2.75) is 135 Å². The number of hydrogen-bond acceptors (Lipinski definition) is 9. The second-order valence-corrected chi connectivity index (χ2v) is 16.5. The molecule has 11 nitrogen and oxygen atoms in total. The van der Waals surface area contributed by atoms with E-state index in [9.17, 15) is 29.3 Å². The Bertz CT molecular complexity index is 1340. The number of carbonyl (C=O) groups excluding carboxylic acids is 2. The van der Waals surface area contributed by atoms with E-state index in [1.807, 2.05) is 27.2 Å². The summed E-state index contributed by atoms with van der Waals surface area (Å²) in [7, 11) is 1.28. The van der Waals surface area contributed by atoms with Crippen LogP contribution in [0.4, 0.5) is 0 Å². The molecule has 0 radical (unpaired) electrons. The number of unbranched alkanes of at least 4 members (excludes halogenated alkanes) is 5. The minimum absolute atomic E-state index is 0.0266. The lowest BCUT2D eigenvalue weighted by Crippen LogP contribution is -2.37. The van der Waals surface area contributed by atoms with Gasteiger partial charge >= 0.3 is 19.8 Å². The summed E-state index contributed by atoms with van der Waals surface area (Å²) in [5.41, 5.74) is 0. The first-order valence-electron chi connectivity index (χ1n) is 21.2. The maximum absolute atomic E-state index is 12.7. The van der Waals surface area contributed by atoms with Crippen LogP contribution in [-0.4, -0.2) is 97.3 Å². The summed E-state index contributed by atoms with van der Waals surface area (Å²) in [6.07, 6.45) is 40.9. The van der Waals surface area contributed by atoms with Gasteiger partial charge in [0.15, 0.2) is 6.10 Å². The summed E-state index contributed by atoms with van der Waals surface area (Å²) in [4.78, 5) is 35.3. The van der Waals surface area contributed by atoms with Gasteiger partial charge in [-0.3, -0.25) is 18.6 Å². The largest absolute Gasteiger partial charge is 0.472 e. The zero-order chi connectivity index (χ0) is 43.2. The van der Waals surface area contributed by atoms with E-state index in [4.69, 9.17) is 18.5 Å². The van der Waals surface area contributed by atoms with Gasteiger partial charge in [0.25, 0.3) is 0 Å². The van der Waals surface area contributed by atoms with E-state index < -0.39 is 44.7 Å². The van der Waals surface area contributed by atoms with Gasteiger partial charge in [0, 0.05) is 12.8 Å². The highest BCUT2D eigenvalue weighted by Gasteiger charge is 2.27. The van der Waals surface area contributed by atoms with Gasteiger partial charge in [0.2, 0.25) is 0 Å². The first kappa shape index (κ1) is 54.9. The van der Waals surface area contributed by atoms with Gasteiger partial charge in [-0.25, -0.2) is 4.57 Å². The van der Waals surface area contributed by atoms with E-state index in [1.54, 1.807) is 36.5 Å². The molecule has 0 aliphatic carbocycles. The monoisotopic (exact) mass is 835 g/mol. The number of phosphoric acid groups is 1. The number of allylic oxidation sites excluding steroid dienone is 13. The zero-order valence-electron chi connectivity index (χ0n) is 36.2. The molecule has 0 fully saturated rings. The molecule has 0 amide bonds. The maximum Gasteiger partial charge on any atom is 0.472 e. The SMILES string of the molecule is CC/C=C\C/C=C\C/C=C\C/C=C\CCCCC(=O)OC[C@H](COP(=O)(O)OCC[N+](C)(C)C)OC(=O)CCC[C@@H](O)\C=C/C=C/C=C/[C@@H](O)C/C=C\CCCCC. The van der Waals surface area contributed by atoms with Crippen molar-refractivity contribution in [3.8, 4) is 0 Å². The second-order valence-electron chi connectivity index (χ2n) is 15.0. The van der Waals surface area contributed by atoms with Gasteiger partial charge in [-0.05, 0) is 77.0 Å². The lowest BCUT2D eigenvalue weighted by Gasteiger charge is -2.24. The van der Waals surface area contributed by atoms with Gasteiger partial charge in [-0.1, -0.05) is 124 Å². The molecular formula is C46H77NO10P+. The number of likely N-dealkylation sites (N-methyl/N-ethyl adjacent to an activating group) is 1. The Labute approximate surface area is 350 Å². The normalized spacial score (nSPS) is 15.7.